The van der Waals surface area contributed by atoms with Crippen LogP contribution in [0.1, 0.15) is 24.8 Å². The van der Waals surface area contributed by atoms with Crippen molar-refractivity contribution in [3.63, 3.8) is 0 Å². The minimum absolute atomic E-state index is 0.269. The molecule has 1 aromatic carbocycles. The van der Waals surface area contributed by atoms with Crippen LogP contribution in [-0.4, -0.2) is 17.8 Å². The number of nitrogens with one attached hydrogen (secondary N) is 1. The molecule has 13 heavy (non-hydrogen) atoms. The van der Waals surface area contributed by atoms with Gasteiger partial charge in [-0.3, -0.25) is 0 Å². The number of benzene rings is 1. The summed E-state index contributed by atoms with van der Waals surface area (Å²) in [6.45, 7) is 2.44. The van der Waals surface area contributed by atoms with Gasteiger partial charge in [0.1, 0.15) is 0 Å². The lowest BCUT2D eigenvalue weighted by atomic mass is 9.93. The van der Waals surface area contributed by atoms with Crippen molar-refractivity contribution < 1.29 is 5.11 Å². The third-order valence-electron chi connectivity index (χ3n) is 2.79. The van der Waals surface area contributed by atoms with Gasteiger partial charge in [0.05, 0.1) is 0 Å². The number of para-hydroxylation sites is 1. The zero-order valence-corrected chi connectivity index (χ0v) is 7.83. The molecular formula is C11H15NO. The van der Waals surface area contributed by atoms with Gasteiger partial charge < -0.3 is 10.4 Å². The molecule has 1 aliphatic rings. The summed E-state index contributed by atoms with van der Waals surface area (Å²) in [5.74, 6) is 0.473. The van der Waals surface area contributed by atoms with Crippen molar-refractivity contribution in [1.82, 2.24) is 0 Å². The summed E-state index contributed by atoms with van der Waals surface area (Å²) < 4.78 is 0. The molecule has 0 spiro atoms. The van der Waals surface area contributed by atoms with Crippen molar-refractivity contribution in [2.24, 2.45) is 0 Å². The number of aliphatic hydroxyl groups is 1. The Morgan fingerprint density at radius 1 is 1.38 bits per heavy atom. The Bertz CT molecular complexity index is 298. The second kappa shape index (κ2) is 3.38. The Morgan fingerprint density at radius 3 is 2.92 bits per heavy atom. The van der Waals surface area contributed by atoms with E-state index < -0.39 is 0 Å². The lowest BCUT2D eigenvalue weighted by molar-refractivity contribution is 0.273. The van der Waals surface area contributed by atoms with Crippen molar-refractivity contribution in [3.05, 3.63) is 29.8 Å². The van der Waals surface area contributed by atoms with Crippen LogP contribution in [0.3, 0.4) is 0 Å². The van der Waals surface area contributed by atoms with Crippen LogP contribution in [0.15, 0.2) is 24.3 Å². The zero-order valence-electron chi connectivity index (χ0n) is 7.83. The molecule has 0 saturated carbocycles. The number of fused-ring (bicyclic) bond motifs is 1. The highest BCUT2D eigenvalue weighted by Gasteiger charge is 2.27. The molecule has 0 amide bonds. The van der Waals surface area contributed by atoms with Crippen molar-refractivity contribution in [2.45, 2.75) is 25.3 Å². The number of aliphatic hydroxyl groups excluding tert-OH is 1. The average molecular weight is 177 g/mol. The Labute approximate surface area is 78.6 Å². The average Bonchev–Trinajstić information content (AvgIpc) is 2.44. The normalized spacial score (nSPS) is 25.4. The predicted molar refractivity (Wildman–Crippen MR) is 54.0 cm³/mol. The van der Waals surface area contributed by atoms with E-state index in [-0.39, 0.29) is 6.61 Å². The highest BCUT2D eigenvalue weighted by molar-refractivity contribution is 5.58. The van der Waals surface area contributed by atoms with Crippen molar-refractivity contribution in [3.8, 4) is 0 Å². The quantitative estimate of drug-likeness (QED) is 0.723. The minimum atomic E-state index is 0.269. The van der Waals surface area contributed by atoms with E-state index in [9.17, 15) is 0 Å². The van der Waals surface area contributed by atoms with Crippen LogP contribution in [0, 0.1) is 0 Å². The first-order valence-electron chi connectivity index (χ1n) is 4.79. The summed E-state index contributed by atoms with van der Waals surface area (Å²) >= 11 is 0. The Kier molecular flexibility index (Phi) is 2.23. The lowest BCUT2D eigenvalue weighted by Crippen LogP contribution is -2.16. The summed E-state index contributed by atoms with van der Waals surface area (Å²) in [5.41, 5.74) is 2.58. The van der Waals surface area contributed by atoms with E-state index in [1.165, 1.54) is 11.3 Å². The molecule has 2 heteroatoms. The Balaban J connectivity index is 2.29. The van der Waals surface area contributed by atoms with Gasteiger partial charge in [-0.05, 0) is 25.0 Å². The van der Waals surface area contributed by atoms with Gasteiger partial charge in [-0.2, -0.15) is 0 Å². The first-order chi connectivity index (χ1) is 6.33. The van der Waals surface area contributed by atoms with Crippen molar-refractivity contribution in [1.29, 1.82) is 0 Å². The monoisotopic (exact) mass is 177 g/mol. The predicted octanol–water partition coefficient (Wildman–Crippen LogP) is 1.97. The lowest BCUT2D eigenvalue weighted by Gasteiger charge is -2.14. The van der Waals surface area contributed by atoms with Crippen LogP contribution in [0.25, 0.3) is 0 Å². The molecule has 1 aromatic rings. The largest absolute Gasteiger partial charge is 0.396 e. The molecule has 0 saturated heterocycles. The van der Waals surface area contributed by atoms with Gasteiger partial charge in [0.25, 0.3) is 0 Å². The summed E-state index contributed by atoms with van der Waals surface area (Å²) in [6.07, 6.45) is 0.852. The fourth-order valence-corrected chi connectivity index (χ4v) is 2.11. The van der Waals surface area contributed by atoms with E-state index in [0.29, 0.717) is 12.0 Å². The van der Waals surface area contributed by atoms with Crippen molar-refractivity contribution in [2.75, 3.05) is 11.9 Å². The smallest absolute Gasteiger partial charge is 0.0437 e. The second-order valence-electron chi connectivity index (χ2n) is 3.64. The van der Waals surface area contributed by atoms with E-state index in [1.807, 2.05) is 6.07 Å². The van der Waals surface area contributed by atoms with Gasteiger partial charge in [0, 0.05) is 24.3 Å². The first-order valence-corrected chi connectivity index (χ1v) is 4.79. The summed E-state index contributed by atoms with van der Waals surface area (Å²) in [6, 6.07) is 8.79. The molecule has 0 fully saturated rings. The molecule has 1 heterocycles. The molecule has 2 unspecified atom stereocenters. The van der Waals surface area contributed by atoms with E-state index in [2.05, 4.69) is 30.4 Å². The molecule has 0 radical (unpaired) electrons. The number of hydrogen-bond donors (Lipinski definition) is 2. The molecule has 1 aliphatic heterocycles. The van der Waals surface area contributed by atoms with Gasteiger partial charge in [-0.1, -0.05) is 18.2 Å². The molecule has 2 N–H and O–H groups in total. The fourth-order valence-electron chi connectivity index (χ4n) is 2.11. The molecule has 2 atom stereocenters. The maximum absolute atomic E-state index is 8.94. The highest BCUT2D eigenvalue weighted by Crippen LogP contribution is 2.37. The molecule has 0 aliphatic carbocycles. The molecule has 2 rings (SSSR count). The molecular weight excluding hydrogens is 162 g/mol. The standard InChI is InChI=1S/C11H15NO/c1-8-9(6-7-13)10-4-2-3-5-11(10)12-8/h2-5,8-9,12-13H,6-7H2,1H3. The summed E-state index contributed by atoms with van der Waals surface area (Å²) in [4.78, 5) is 0. The topological polar surface area (TPSA) is 32.3 Å². The Morgan fingerprint density at radius 2 is 2.15 bits per heavy atom. The number of anilines is 1. The number of rotatable bonds is 2. The van der Waals surface area contributed by atoms with Crippen molar-refractivity contribution >= 4 is 5.69 Å². The van der Waals surface area contributed by atoms with Gasteiger partial charge in [-0.15, -0.1) is 0 Å². The molecule has 0 aromatic heterocycles. The maximum Gasteiger partial charge on any atom is 0.0437 e. The van der Waals surface area contributed by atoms with Crippen LogP contribution in [0.2, 0.25) is 0 Å². The first kappa shape index (κ1) is 8.57. The van der Waals surface area contributed by atoms with E-state index >= 15 is 0 Å². The molecule has 2 nitrogen and oxygen atoms in total. The third kappa shape index (κ3) is 1.42. The fraction of sp³-hybridized carbons (Fsp3) is 0.455. The van der Waals surface area contributed by atoms with Crippen LogP contribution in [0.5, 0.6) is 0 Å². The second-order valence-corrected chi connectivity index (χ2v) is 3.64. The van der Waals surface area contributed by atoms with Crippen LogP contribution >= 0.6 is 0 Å². The summed E-state index contributed by atoms with van der Waals surface area (Å²) in [7, 11) is 0. The van der Waals surface area contributed by atoms with Crippen LogP contribution < -0.4 is 5.32 Å². The highest BCUT2D eigenvalue weighted by atomic mass is 16.3. The van der Waals surface area contributed by atoms with E-state index in [1.54, 1.807) is 0 Å². The molecule has 0 bridgehead atoms. The van der Waals surface area contributed by atoms with Gasteiger partial charge in [-0.25, -0.2) is 0 Å². The Hall–Kier alpha value is -1.02. The maximum atomic E-state index is 8.94. The van der Waals surface area contributed by atoms with Gasteiger partial charge in [0.2, 0.25) is 0 Å². The van der Waals surface area contributed by atoms with E-state index in [4.69, 9.17) is 5.11 Å². The zero-order chi connectivity index (χ0) is 9.26. The van der Waals surface area contributed by atoms with Gasteiger partial charge in [0.15, 0.2) is 0 Å². The van der Waals surface area contributed by atoms with E-state index in [0.717, 1.165) is 6.42 Å². The van der Waals surface area contributed by atoms with Gasteiger partial charge >= 0.3 is 0 Å². The third-order valence-corrected chi connectivity index (χ3v) is 2.79. The number of hydrogen-bond acceptors (Lipinski definition) is 2. The SMILES string of the molecule is CC1Nc2ccccc2C1CCO. The minimum Gasteiger partial charge on any atom is -0.396 e. The summed E-state index contributed by atoms with van der Waals surface area (Å²) in [5, 5.41) is 12.4. The van der Waals surface area contributed by atoms with Crippen LogP contribution in [0.4, 0.5) is 5.69 Å². The van der Waals surface area contributed by atoms with Crippen LogP contribution in [-0.2, 0) is 0 Å². The molecule has 70 valence electrons.